The first kappa shape index (κ1) is 17.2. The van der Waals surface area contributed by atoms with Crippen molar-refractivity contribution in [3.8, 4) is 11.5 Å². The number of carbonyl (C=O) groups excluding carboxylic acids is 2. The van der Waals surface area contributed by atoms with Crippen molar-refractivity contribution in [3.05, 3.63) is 87.0 Å². The third kappa shape index (κ3) is 2.55. The fourth-order valence-corrected chi connectivity index (χ4v) is 3.20. The molecular weight excluding hydrogens is 364 g/mol. The van der Waals surface area contributed by atoms with Gasteiger partial charge in [0.15, 0.2) is 5.78 Å². The highest BCUT2D eigenvalue weighted by molar-refractivity contribution is 6.31. The van der Waals surface area contributed by atoms with Crippen LogP contribution >= 0.6 is 0 Å². The summed E-state index contributed by atoms with van der Waals surface area (Å²) in [5, 5.41) is 34.6. The molecule has 1 aliphatic rings. The number of nitrogens with zero attached hydrogens (tertiary/aromatic N) is 1. The molecule has 0 unspecified atom stereocenters. The van der Waals surface area contributed by atoms with Crippen LogP contribution in [0.3, 0.4) is 0 Å². The third-order valence-electron chi connectivity index (χ3n) is 4.49. The Kier molecular flexibility index (Phi) is 3.82. The average molecular weight is 376 g/mol. The van der Waals surface area contributed by atoms with Crippen molar-refractivity contribution < 1.29 is 24.7 Å². The number of benzene rings is 3. The molecule has 0 atom stereocenters. The average Bonchev–Trinajstić information content (AvgIpc) is 2.67. The SMILES string of the molecule is O=C1c2cc(Nc3ccccc3)c(O)cc2C(=O)c2c([N+](=O)[O-])ccc(O)c21. The number of phenols is 2. The van der Waals surface area contributed by atoms with Crippen molar-refractivity contribution in [1.29, 1.82) is 0 Å². The van der Waals surface area contributed by atoms with Crippen molar-refractivity contribution in [3.63, 3.8) is 0 Å². The van der Waals surface area contributed by atoms with E-state index in [2.05, 4.69) is 5.32 Å². The predicted octanol–water partition coefficient (Wildman–Crippen LogP) is 3.53. The van der Waals surface area contributed by atoms with Gasteiger partial charge in [0.25, 0.3) is 5.69 Å². The molecule has 0 saturated carbocycles. The van der Waals surface area contributed by atoms with Crippen LogP contribution in [0.1, 0.15) is 31.8 Å². The van der Waals surface area contributed by atoms with E-state index >= 15 is 0 Å². The van der Waals surface area contributed by atoms with Gasteiger partial charge in [-0.15, -0.1) is 0 Å². The molecule has 28 heavy (non-hydrogen) atoms. The highest BCUT2D eigenvalue weighted by atomic mass is 16.6. The molecule has 0 amide bonds. The fourth-order valence-electron chi connectivity index (χ4n) is 3.20. The smallest absolute Gasteiger partial charge is 0.281 e. The number of hydrogen-bond donors (Lipinski definition) is 3. The number of anilines is 2. The van der Waals surface area contributed by atoms with Gasteiger partial charge in [0, 0.05) is 22.9 Å². The summed E-state index contributed by atoms with van der Waals surface area (Å²) in [5.74, 6) is -2.36. The third-order valence-corrected chi connectivity index (χ3v) is 4.49. The van der Waals surface area contributed by atoms with E-state index in [4.69, 9.17) is 0 Å². The van der Waals surface area contributed by atoms with Crippen molar-refractivity contribution in [2.24, 2.45) is 0 Å². The minimum Gasteiger partial charge on any atom is -0.507 e. The number of nitro groups is 1. The lowest BCUT2D eigenvalue weighted by Crippen LogP contribution is -2.22. The van der Waals surface area contributed by atoms with Gasteiger partial charge in [-0.1, -0.05) is 18.2 Å². The topological polar surface area (TPSA) is 130 Å². The number of nitro benzene ring substituents is 1. The molecular formula is C20H12N2O6. The van der Waals surface area contributed by atoms with E-state index in [1.165, 1.54) is 6.07 Å². The molecule has 0 fully saturated rings. The summed E-state index contributed by atoms with van der Waals surface area (Å²) in [6.45, 7) is 0. The Morgan fingerprint density at radius 1 is 0.821 bits per heavy atom. The van der Waals surface area contributed by atoms with E-state index < -0.39 is 39.1 Å². The molecule has 3 aromatic rings. The monoisotopic (exact) mass is 376 g/mol. The summed E-state index contributed by atoms with van der Waals surface area (Å²) >= 11 is 0. The van der Waals surface area contributed by atoms with Gasteiger partial charge < -0.3 is 15.5 Å². The molecule has 0 heterocycles. The van der Waals surface area contributed by atoms with Crippen LogP contribution in [0.15, 0.2) is 54.6 Å². The lowest BCUT2D eigenvalue weighted by Gasteiger charge is -2.20. The molecule has 3 aromatic carbocycles. The van der Waals surface area contributed by atoms with Gasteiger partial charge in [-0.05, 0) is 30.3 Å². The second-order valence-electron chi connectivity index (χ2n) is 6.18. The molecule has 0 saturated heterocycles. The zero-order chi connectivity index (χ0) is 20.0. The van der Waals surface area contributed by atoms with Gasteiger partial charge in [-0.25, -0.2) is 0 Å². The minimum absolute atomic E-state index is 0.0653. The van der Waals surface area contributed by atoms with E-state index in [1.54, 1.807) is 24.3 Å². The van der Waals surface area contributed by atoms with Gasteiger partial charge in [0.05, 0.1) is 16.2 Å². The maximum absolute atomic E-state index is 12.9. The van der Waals surface area contributed by atoms with E-state index in [1.807, 2.05) is 6.07 Å². The van der Waals surface area contributed by atoms with Crippen molar-refractivity contribution in [2.75, 3.05) is 5.32 Å². The summed E-state index contributed by atoms with van der Waals surface area (Å²) in [4.78, 5) is 36.3. The predicted molar refractivity (Wildman–Crippen MR) is 99.5 cm³/mol. The van der Waals surface area contributed by atoms with E-state index in [-0.39, 0.29) is 22.6 Å². The molecule has 1 aliphatic carbocycles. The Bertz CT molecular complexity index is 1170. The lowest BCUT2D eigenvalue weighted by molar-refractivity contribution is -0.385. The molecule has 138 valence electrons. The van der Waals surface area contributed by atoms with Gasteiger partial charge >= 0.3 is 0 Å². The van der Waals surface area contributed by atoms with Crippen LogP contribution in [0.25, 0.3) is 0 Å². The standard InChI is InChI=1S/C20H12N2O6/c23-15-7-6-14(22(27)28)17-18(15)20(26)11-8-13(16(24)9-12(11)19(17)25)21-10-4-2-1-3-5-10/h1-9,21,23-24H. The van der Waals surface area contributed by atoms with Gasteiger partial charge in [-0.2, -0.15) is 0 Å². The first-order valence-electron chi connectivity index (χ1n) is 8.17. The quantitative estimate of drug-likeness (QED) is 0.283. The highest BCUT2D eigenvalue weighted by Gasteiger charge is 2.38. The maximum atomic E-state index is 12.9. The fraction of sp³-hybridized carbons (Fsp3) is 0. The Morgan fingerprint density at radius 3 is 2.14 bits per heavy atom. The molecule has 3 N–H and O–H groups in total. The lowest BCUT2D eigenvalue weighted by atomic mass is 9.82. The van der Waals surface area contributed by atoms with Gasteiger partial charge in [0.2, 0.25) is 5.78 Å². The second-order valence-corrected chi connectivity index (χ2v) is 6.18. The molecule has 0 bridgehead atoms. The highest BCUT2D eigenvalue weighted by Crippen LogP contribution is 2.41. The zero-order valence-corrected chi connectivity index (χ0v) is 14.2. The number of fused-ring (bicyclic) bond motifs is 2. The summed E-state index contributed by atoms with van der Waals surface area (Å²) in [7, 11) is 0. The maximum Gasteiger partial charge on any atom is 0.281 e. The van der Waals surface area contributed by atoms with Crippen LogP contribution in [0.5, 0.6) is 11.5 Å². The summed E-state index contributed by atoms with van der Waals surface area (Å²) in [5.41, 5.74) is -0.881. The van der Waals surface area contributed by atoms with Crippen LogP contribution in [0.4, 0.5) is 17.1 Å². The Morgan fingerprint density at radius 2 is 1.46 bits per heavy atom. The normalized spacial score (nSPS) is 12.3. The Labute approximate surface area is 157 Å². The molecule has 8 nitrogen and oxygen atoms in total. The molecule has 0 radical (unpaired) electrons. The number of ketones is 2. The Hall–Kier alpha value is -4.20. The van der Waals surface area contributed by atoms with E-state index in [0.29, 0.717) is 5.69 Å². The zero-order valence-electron chi connectivity index (χ0n) is 14.2. The summed E-state index contributed by atoms with van der Waals surface area (Å²) in [6.07, 6.45) is 0. The van der Waals surface area contributed by atoms with Gasteiger partial charge in [-0.3, -0.25) is 19.7 Å². The second kappa shape index (κ2) is 6.20. The largest absolute Gasteiger partial charge is 0.507 e. The number of hydrogen-bond acceptors (Lipinski definition) is 7. The molecule has 0 spiro atoms. The summed E-state index contributed by atoms with van der Waals surface area (Å²) in [6, 6.07) is 13.2. The number of nitrogens with one attached hydrogen (secondary N) is 1. The number of phenolic OH excluding ortho intramolecular Hbond substituents is 2. The van der Waals surface area contributed by atoms with Crippen LogP contribution in [0.2, 0.25) is 0 Å². The van der Waals surface area contributed by atoms with Gasteiger partial charge in [0.1, 0.15) is 17.1 Å². The number of rotatable bonds is 3. The summed E-state index contributed by atoms with van der Waals surface area (Å²) < 4.78 is 0. The first-order valence-corrected chi connectivity index (χ1v) is 8.17. The van der Waals surface area contributed by atoms with Crippen molar-refractivity contribution >= 4 is 28.6 Å². The van der Waals surface area contributed by atoms with Crippen LogP contribution < -0.4 is 5.32 Å². The van der Waals surface area contributed by atoms with Crippen LogP contribution in [0, 0.1) is 10.1 Å². The van der Waals surface area contributed by atoms with Crippen molar-refractivity contribution in [1.82, 2.24) is 0 Å². The van der Waals surface area contributed by atoms with Crippen molar-refractivity contribution in [2.45, 2.75) is 0 Å². The molecule has 0 aliphatic heterocycles. The number of aromatic hydroxyl groups is 2. The van der Waals surface area contributed by atoms with E-state index in [0.717, 1.165) is 18.2 Å². The molecule has 4 rings (SSSR count). The molecule has 8 heteroatoms. The van der Waals surface area contributed by atoms with Crippen LogP contribution in [-0.2, 0) is 0 Å². The first-order chi connectivity index (χ1) is 13.4. The van der Waals surface area contributed by atoms with E-state index in [9.17, 15) is 29.9 Å². The number of para-hydroxylation sites is 1. The van der Waals surface area contributed by atoms with Crippen LogP contribution in [-0.4, -0.2) is 26.7 Å². The Balaban J connectivity index is 1.89. The molecule has 0 aromatic heterocycles. The minimum atomic E-state index is -0.811. The number of carbonyl (C=O) groups is 2.